The fourth-order valence-corrected chi connectivity index (χ4v) is 3.40. The minimum Gasteiger partial charge on any atom is -0.483 e. The molecule has 1 saturated heterocycles. The monoisotopic (exact) mass is 392 g/mol. The summed E-state index contributed by atoms with van der Waals surface area (Å²) in [5, 5.41) is 22.0. The van der Waals surface area contributed by atoms with Crippen molar-refractivity contribution in [2.45, 2.75) is 12.5 Å². The highest BCUT2D eigenvalue weighted by Gasteiger charge is 2.13. The summed E-state index contributed by atoms with van der Waals surface area (Å²) < 4.78 is 5.30. The van der Waals surface area contributed by atoms with Gasteiger partial charge >= 0.3 is 0 Å². The fourth-order valence-electron chi connectivity index (χ4n) is 2.67. The summed E-state index contributed by atoms with van der Waals surface area (Å²) in [5.41, 5.74) is 1.58. The largest absolute Gasteiger partial charge is 0.483 e. The number of hydrogen-bond acceptors (Lipinski definition) is 6. The van der Waals surface area contributed by atoms with E-state index in [9.17, 15) is 9.90 Å². The molecule has 1 fully saturated rings. The van der Waals surface area contributed by atoms with Crippen molar-refractivity contribution in [3.05, 3.63) is 52.2 Å². The maximum Gasteiger partial charge on any atom is 0.290 e. The Morgan fingerprint density at radius 3 is 2.52 bits per heavy atom. The Labute approximate surface area is 162 Å². The molecule has 3 N–H and O–H groups in total. The normalized spacial score (nSPS) is 15.3. The molecule has 27 heavy (non-hydrogen) atoms. The lowest BCUT2D eigenvalue weighted by molar-refractivity contribution is -0.123. The van der Waals surface area contributed by atoms with Crippen molar-refractivity contribution >= 4 is 29.4 Å². The molecule has 0 aliphatic carbocycles. The van der Waals surface area contributed by atoms with Crippen LogP contribution in [0.15, 0.2) is 41.8 Å². The number of carbonyl (C=O) groups is 2. The molecule has 0 spiro atoms. The van der Waals surface area contributed by atoms with Crippen LogP contribution in [-0.2, 0) is 14.3 Å². The number of aliphatic hydroxyl groups is 1. The molecule has 1 aliphatic heterocycles. The first-order valence-electron chi connectivity index (χ1n) is 8.63. The number of benzene rings is 1. The zero-order chi connectivity index (χ0) is 19.5. The molecule has 2 heterocycles. The van der Waals surface area contributed by atoms with Crippen LogP contribution in [-0.4, -0.2) is 60.3 Å². The Balaban J connectivity index is 0.000000817. The molecular weight excluding hydrogens is 368 g/mol. The second-order valence-corrected chi connectivity index (χ2v) is 6.88. The van der Waals surface area contributed by atoms with E-state index in [1.165, 1.54) is 11.3 Å². The highest BCUT2D eigenvalue weighted by molar-refractivity contribution is 7.10. The van der Waals surface area contributed by atoms with Crippen LogP contribution in [0.3, 0.4) is 0 Å². The lowest BCUT2D eigenvalue weighted by Gasteiger charge is -2.26. The standard InChI is InChI=1S/C18H22N2O3S.CH2O2/c21-17(7-8-20-9-11-23-12-10-20)19-15-5-3-14(4-6-15)18(22)16-2-1-13-24-16;2-1-3/h1-6,13,18,22H,7-12H2,(H,19,21);1H,(H,2,3). The molecule has 8 heteroatoms. The summed E-state index contributed by atoms with van der Waals surface area (Å²) in [4.78, 5) is 23.6. The van der Waals surface area contributed by atoms with Crippen molar-refractivity contribution in [1.82, 2.24) is 4.90 Å². The van der Waals surface area contributed by atoms with Gasteiger partial charge < -0.3 is 20.3 Å². The fraction of sp³-hybridized carbons (Fsp3) is 0.368. The number of aliphatic hydroxyl groups excluding tert-OH is 1. The molecule has 1 amide bonds. The van der Waals surface area contributed by atoms with Crippen LogP contribution in [0, 0.1) is 0 Å². The molecule has 7 nitrogen and oxygen atoms in total. The number of nitrogens with one attached hydrogen (secondary N) is 1. The van der Waals surface area contributed by atoms with E-state index in [0.29, 0.717) is 6.42 Å². The van der Waals surface area contributed by atoms with Crippen molar-refractivity contribution in [2.24, 2.45) is 0 Å². The van der Waals surface area contributed by atoms with Gasteiger partial charge in [-0.25, -0.2) is 0 Å². The minimum absolute atomic E-state index is 0.00745. The van der Waals surface area contributed by atoms with E-state index in [1.807, 2.05) is 41.8 Å². The maximum atomic E-state index is 12.0. The van der Waals surface area contributed by atoms with Crippen molar-refractivity contribution in [3.63, 3.8) is 0 Å². The number of nitrogens with zero attached hydrogens (tertiary/aromatic N) is 1. The van der Waals surface area contributed by atoms with Gasteiger partial charge in [0, 0.05) is 36.6 Å². The number of amides is 1. The number of carbonyl (C=O) groups excluding carboxylic acids is 1. The SMILES string of the molecule is O=C(CCN1CCOCC1)Nc1ccc(C(O)c2cccs2)cc1.O=CO. The number of anilines is 1. The smallest absolute Gasteiger partial charge is 0.290 e. The highest BCUT2D eigenvalue weighted by Crippen LogP contribution is 2.26. The molecular formula is C19H24N2O5S. The number of carboxylic acid groups (broad SMARTS) is 1. The highest BCUT2D eigenvalue weighted by atomic mass is 32.1. The van der Waals surface area contributed by atoms with E-state index in [1.54, 1.807) is 0 Å². The van der Waals surface area contributed by atoms with Gasteiger partial charge in [0.2, 0.25) is 5.91 Å². The average Bonchev–Trinajstić information content (AvgIpc) is 3.23. The Morgan fingerprint density at radius 1 is 1.26 bits per heavy atom. The van der Waals surface area contributed by atoms with Crippen LogP contribution >= 0.6 is 11.3 Å². The third kappa shape index (κ3) is 7.10. The maximum absolute atomic E-state index is 12.0. The molecule has 0 bridgehead atoms. The Kier molecular flexibility index (Phi) is 8.93. The third-order valence-electron chi connectivity index (χ3n) is 4.08. The molecule has 1 aromatic carbocycles. The lowest BCUT2D eigenvalue weighted by atomic mass is 10.1. The van der Waals surface area contributed by atoms with Gasteiger partial charge in [-0.2, -0.15) is 0 Å². The van der Waals surface area contributed by atoms with Gasteiger partial charge in [0.25, 0.3) is 6.47 Å². The van der Waals surface area contributed by atoms with Gasteiger partial charge in [-0.3, -0.25) is 14.5 Å². The zero-order valence-corrected chi connectivity index (χ0v) is 15.7. The topological polar surface area (TPSA) is 99.1 Å². The first kappa shape index (κ1) is 21.0. The molecule has 1 unspecified atom stereocenters. The summed E-state index contributed by atoms with van der Waals surface area (Å²) in [5.74, 6) is 0.00745. The predicted molar refractivity (Wildman–Crippen MR) is 104 cm³/mol. The van der Waals surface area contributed by atoms with Crippen LogP contribution in [0.4, 0.5) is 5.69 Å². The van der Waals surface area contributed by atoms with Crippen LogP contribution in [0.25, 0.3) is 0 Å². The van der Waals surface area contributed by atoms with E-state index in [4.69, 9.17) is 14.6 Å². The minimum atomic E-state index is -0.615. The number of hydrogen-bond donors (Lipinski definition) is 3. The average molecular weight is 392 g/mol. The summed E-state index contributed by atoms with van der Waals surface area (Å²) in [6, 6.07) is 11.2. The lowest BCUT2D eigenvalue weighted by Crippen LogP contribution is -2.38. The number of morpholine rings is 1. The number of rotatable bonds is 6. The third-order valence-corrected chi connectivity index (χ3v) is 5.01. The molecule has 1 atom stereocenters. The van der Waals surface area contributed by atoms with Crippen molar-refractivity contribution in [3.8, 4) is 0 Å². The van der Waals surface area contributed by atoms with Gasteiger partial charge in [-0.1, -0.05) is 18.2 Å². The first-order valence-corrected chi connectivity index (χ1v) is 9.51. The van der Waals surface area contributed by atoms with E-state index in [0.717, 1.165) is 49.0 Å². The van der Waals surface area contributed by atoms with Crippen LogP contribution in [0.1, 0.15) is 23.0 Å². The summed E-state index contributed by atoms with van der Waals surface area (Å²) in [7, 11) is 0. The predicted octanol–water partition coefficient (Wildman–Crippen LogP) is 2.19. The van der Waals surface area contributed by atoms with Gasteiger partial charge in [0.15, 0.2) is 0 Å². The Bertz CT molecular complexity index is 685. The van der Waals surface area contributed by atoms with E-state index in [2.05, 4.69) is 10.2 Å². The molecule has 3 rings (SSSR count). The number of thiophene rings is 1. The molecule has 1 aromatic heterocycles. The second kappa shape index (κ2) is 11.5. The summed E-state index contributed by atoms with van der Waals surface area (Å²) in [6.45, 7) is 3.78. The van der Waals surface area contributed by atoms with Crippen LogP contribution < -0.4 is 5.32 Å². The van der Waals surface area contributed by atoms with Gasteiger partial charge in [-0.05, 0) is 29.1 Å². The van der Waals surface area contributed by atoms with E-state index in [-0.39, 0.29) is 12.4 Å². The van der Waals surface area contributed by atoms with Gasteiger partial charge in [-0.15, -0.1) is 11.3 Å². The second-order valence-electron chi connectivity index (χ2n) is 5.90. The Morgan fingerprint density at radius 2 is 1.93 bits per heavy atom. The molecule has 0 radical (unpaired) electrons. The van der Waals surface area contributed by atoms with Crippen molar-refractivity contribution in [1.29, 1.82) is 0 Å². The molecule has 0 saturated carbocycles. The summed E-state index contributed by atoms with van der Waals surface area (Å²) in [6.07, 6.45) is -0.143. The van der Waals surface area contributed by atoms with E-state index >= 15 is 0 Å². The van der Waals surface area contributed by atoms with Crippen molar-refractivity contribution in [2.75, 3.05) is 38.2 Å². The zero-order valence-electron chi connectivity index (χ0n) is 14.9. The quantitative estimate of drug-likeness (QED) is 0.652. The molecule has 2 aromatic rings. The molecule has 1 aliphatic rings. The van der Waals surface area contributed by atoms with Gasteiger partial charge in [0.1, 0.15) is 6.10 Å². The van der Waals surface area contributed by atoms with E-state index < -0.39 is 6.10 Å². The van der Waals surface area contributed by atoms with Crippen LogP contribution in [0.5, 0.6) is 0 Å². The Hall–Kier alpha value is -2.26. The van der Waals surface area contributed by atoms with Gasteiger partial charge in [0.05, 0.1) is 13.2 Å². The molecule has 146 valence electrons. The first-order chi connectivity index (χ1) is 13.1. The summed E-state index contributed by atoms with van der Waals surface area (Å²) >= 11 is 1.53. The van der Waals surface area contributed by atoms with Crippen LogP contribution in [0.2, 0.25) is 0 Å². The number of ether oxygens (including phenoxy) is 1. The van der Waals surface area contributed by atoms with Crippen molar-refractivity contribution < 1.29 is 24.5 Å².